The molecule has 0 heterocycles. The predicted molar refractivity (Wildman–Crippen MR) is 55.6 cm³/mol. The highest BCUT2D eigenvalue weighted by Crippen LogP contribution is 2.23. The highest BCUT2D eigenvalue weighted by molar-refractivity contribution is 7.98. The van der Waals surface area contributed by atoms with E-state index in [1.165, 1.54) is 4.90 Å². The average molecular weight is 203 g/mol. The second kappa shape index (κ2) is 4.60. The van der Waals surface area contributed by atoms with Crippen molar-refractivity contribution in [2.24, 2.45) is 5.84 Å². The first-order valence-electron chi connectivity index (χ1n) is 3.51. The van der Waals surface area contributed by atoms with Crippen molar-refractivity contribution in [2.45, 2.75) is 10.8 Å². The molecular weight excluding hydrogens is 192 g/mol. The number of nitrogens with one attached hydrogen (secondary N) is 1. The molecule has 0 aromatic heterocycles. The summed E-state index contributed by atoms with van der Waals surface area (Å²) >= 11 is 7.38. The number of anilines is 1. The maximum atomic E-state index is 5.70. The molecule has 2 nitrogen and oxygen atoms in total. The van der Waals surface area contributed by atoms with Crippen LogP contribution in [-0.2, 0) is 5.88 Å². The van der Waals surface area contributed by atoms with Gasteiger partial charge in [-0.2, -0.15) is 0 Å². The van der Waals surface area contributed by atoms with Crippen molar-refractivity contribution in [3.63, 3.8) is 0 Å². The highest BCUT2D eigenvalue weighted by atomic mass is 35.5. The highest BCUT2D eigenvalue weighted by Gasteiger charge is 2.00. The molecule has 66 valence electrons. The average Bonchev–Trinajstić information content (AvgIpc) is 2.16. The van der Waals surface area contributed by atoms with E-state index in [9.17, 15) is 0 Å². The van der Waals surface area contributed by atoms with E-state index in [0.29, 0.717) is 5.88 Å². The maximum Gasteiger partial charge on any atom is 0.0540 e. The number of halogens is 1. The molecule has 0 amide bonds. The molecule has 0 saturated carbocycles. The molecule has 0 bridgehead atoms. The molecule has 0 spiro atoms. The van der Waals surface area contributed by atoms with Crippen molar-refractivity contribution in [1.29, 1.82) is 0 Å². The lowest BCUT2D eigenvalue weighted by atomic mass is 10.2. The van der Waals surface area contributed by atoms with Gasteiger partial charge in [-0.1, -0.05) is 6.07 Å². The molecule has 0 aliphatic heterocycles. The number of hydrazine groups is 1. The zero-order chi connectivity index (χ0) is 8.97. The van der Waals surface area contributed by atoms with Crippen LogP contribution in [0, 0.1) is 0 Å². The summed E-state index contributed by atoms with van der Waals surface area (Å²) in [6, 6.07) is 6.00. The third-order valence-corrected chi connectivity index (χ3v) is 2.63. The summed E-state index contributed by atoms with van der Waals surface area (Å²) in [6.07, 6.45) is 2.02. The van der Waals surface area contributed by atoms with Gasteiger partial charge in [-0.15, -0.1) is 23.4 Å². The second-order valence-corrected chi connectivity index (χ2v) is 3.45. The van der Waals surface area contributed by atoms with E-state index in [0.717, 1.165) is 11.3 Å². The standard InChI is InChI=1S/C8H11ClN2S/c1-12-7-3-2-6(5-9)8(4-7)11-10/h2-4,11H,5,10H2,1H3. The van der Waals surface area contributed by atoms with Crippen LogP contribution in [0.25, 0.3) is 0 Å². The Morgan fingerprint density at radius 1 is 1.58 bits per heavy atom. The first-order chi connectivity index (χ1) is 5.81. The fourth-order valence-electron chi connectivity index (χ4n) is 0.933. The third kappa shape index (κ3) is 2.06. The molecule has 0 unspecified atom stereocenters. The number of hydrogen-bond donors (Lipinski definition) is 2. The summed E-state index contributed by atoms with van der Waals surface area (Å²) in [6.45, 7) is 0. The normalized spacial score (nSPS) is 9.92. The minimum atomic E-state index is 0.480. The van der Waals surface area contributed by atoms with Crippen LogP contribution in [-0.4, -0.2) is 6.26 Å². The molecule has 0 saturated heterocycles. The Bertz CT molecular complexity index is 265. The zero-order valence-corrected chi connectivity index (χ0v) is 8.38. The number of thioether (sulfide) groups is 1. The van der Waals surface area contributed by atoms with Crippen LogP contribution >= 0.6 is 23.4 Å². The Morgan fingerprint density at radius 2 is 2.33 bits per heavy atom. The van der Waals surface area contributed by atoms with Crippen molar-refractivity contribution < 1.29 is 0 Å². The molecule has 12 heavy (non-hydrogen) atoms. The minimum absolute atomic E-state index is 0.480. The van der Waals surface area contributed by atoms with Gasteiger partial charge in [0.25, 0.3) is 0 Å². The lowest BCUT2D eigenvalue weighted by molar-refractivity contribution is 1.26. The van der Waals surface area contributed by atoms with Crippen LogP contribution in [0.5, 0.6) is 0 Å². The third-order valence-electron chi connectivity index (χ3n) is 1.62. The molecule has 1 rings (SSSR count). The van der Waals surface area contributed by atoms with Crippen molar-refractivity contribution in [1.82, 2.24) is 0 Å². The molecule has 0 atom stereocenters. The molecule has 0 aliphatic carbocycles. The Labute approximate surface area is 81.4 Å². The van der Waals surface area contributed by atoms with Gasteiger partial charge >= 0.3 is 0 Å². The van der Waals surface area contributed by atoms with E-state index < -0.39 is 0 Å². The van der Waals surface area contributed by atoms with Gasteiger partial charge in [0.2, 0.25) is 0 Å². The van der Waals surface area contributed by atoms with Crippen LogP contribution in [0.15, 0.2) is 23.1 Å². The second-order valence-electron chi connectivity index (χ2n) is 2.30. The number of benzene rings is 1. The van der Waals surface area contributed by atoms with E-state index in [-0.39, 0.29) is 0 Å². The van der Waals surface area contributed by atoms with Gasteiger partial charge in [-0.25, -0.2) is 0 Å². The summed E-state index contributed by atoms with van der Waals surface area (Å²) in [5.74, 6) is 5.81. The first-order valence-corrected chi connectivity index (χ1v) is 5.27. The van der Waals surface area contributed by atoms with Gasteiger partial charge in [0.1, 0.15) is 0 Å². The van der Waals surface area contributed by atoms with Crippen LogP contribution < -0.4 is 11.3 Å². The molecule has 0 aliphatic rings. The van der Waals surface area contributed by atoms with E-state index in [2.05, 4.69) is 5.43 Å². The van der Waals surface area contributed by atoms with Gasteiger partial charge < -0.3 is 5.43 Å². The topological polar surface area (TPSA) is 38.0 Å². The fourth-order valence-corrected chi connectivity index (χ4v) is 1.61. The molecule has 3 N–H and O–H groups in total. The number of alkyl halides is 1. The van der Waals surface area contributed by atoms with Crippen LogP contribution in [0.2, 0.25) is 0 Å². The quantitative estimate of drug-likeness (QED) is 0.342. The first kappa shape index (κ1) is 9.71. The Kier molecular flexibility index (Phi) is 3.72. The lowest BCUT2D eigenvalue weighted by Crippen LogP contribution is -2.08. The van der Waals surface area contributed by atoms with E-state index in [1.807, 2.05) is 24.5 Å². The Hall–Kier alpha value is -0.380. The summed E-state index contributed by atoms with van der Waals surface area (Å²) in [7, 11) is 0. The minimum Gasteiger partial charge on any atom is -0.324 e. The number of nitrogens with two attached hydrogens (primary N) is 1. The number of hydrogen-bond acceptors (Lipinski definition) is 3. The zero-order valence-electron chi connectivity index (χ0n) is 6.80. The van der Waals surface area contributed by atoms with Gasteiger partial charge in [0.05, 0.1) is 5.69 Å². The SMILES string of the molecule is CSc1ccc(CCl)c(NN)c1. The predicted octanol–water partition coefficient (Wildman–Crippen LogP) is 2.43. The van der Waals surface area contributed by atoms with Crippen molar-refractivity contribution in [3.8, 4) is 0 Å². The molecule has 1 aromatic rings. The molecule has 0 radical (unpaired) electrons. The fraction of sp³-hybridized carbons (Fsp3) is 0.250. The largest absolute Gasteiger partial charge is 0.324 e. The Morgan fingerprint density at radius 3 is 2.83 bits per heavy atom. The van der Waals surface area contributed by atoms with Gasteiger partial charge in [0.15, 0.2) is 0 Å². The van der Waals surface area contributed by atoms with E-state index in [1.54, 1.807) is 11.8 Å². The Balaban J connectivity index is 3.02. The van der Waals surface area contributed by atoms with Crippen LogP contribution in [0.4, 0.5) is 5.69 Å². The van der Waals surface area contributed by atoms with Gasteiger partial charge in [0, 0.05) is 10.8 Å². The van der Waals surface area contributed by atoms with Crippen molar-refractivity contribution >= 4 is 29.1 Å². The van der Waals surface area contributed by atoms with E-state index in [4.69, 9.17) is 17.4 Å². The summed E-state index contributed by atoms with van der Waals surface area (Å²) in [5, 5.41) is 0. The van der Waals surface area contributed by atoms with Gasteiger partial charge in [-0.3, -0.25) is 5.84 Å². The molecule has 4 heteroatoms. The van der Waals surface area contributed by atoms with Crippen LogP contribution in [0.3, 0.4) is 0 Å². The summed E-state index contributed by atoms with van der Waals surface area (Å²) in [5.41, 5.74) is 4.55. The maximum absolute atomic E-state index is 5.70. The van der Waals surface area contributed by atoms with Gasteiger partial charge in [-0.05, 0) is 24.0 Å². The van der Waals surface area contributed by atoms with E-state index >= 15 is 0 Å². The lowest BCUT2D eigenvalue weighted by Gasteiger charge is -2.07. The molecular formula is C8H11ClN2S. The number of rotatable bonds is 3. The molecule has 1 aromatic carbocycles. The van der Waals surface area contributed by atoms with Crippen molar-refractivity contribution in [2.75, 3.05) is 11.7 Å². The van der Waals surface area contributed by atoms with Crippen LogP contribution in [0.1, 0.15) is 5.56 Å². The summed E-state index contributed by atoms with van der Waals surface area (Å²) in [4.78, 5) is 1.18. The number of nitrogen functional groups attached to an aromatic ring is 1. The summed E-state index contributed by atoms with van der Waals surface area (Å²) < 4.78 is 0. The molecule has 0 fully saturated rings. The monoisotopic (exact) mass is 202 g/mol. The smallest absolute Gasteiger partial charge is 0.0540 e. The van der Waals surface area contributed by atoms with Crippen molar-refractivity contribution in [3.05, 3.63) is 23.8 Å².